The van der Waals surface area contributed by atoms with E-state index in [1.807, 2.05) is 27.1 Å². The monoisotopic (exact) mass is 310 g/mol. The van der Waals surface area contributed by atoms with Gasteiger partial charge in [-0.25, -0.2) is 0 Å². The van der Waals surface area contributed by atoms with Crippen molar-refractivity contribution < 1.29 is 4.79 Å². The number of amides is 1. The van der Waals surface area contributed by atoms with Gasteiger partial charge in [-0.3, -0.25) is 4.79 Å². The molecule has 3 nitrogen and oxygen atoms in total. The second-order valence-corrected chi connectivity index (χ2v) is 8.04. The highest BCUT2D eigenvalue weighted by Gasteiger charge is 2.28. The van der Waals surface area contributed by atoms with Crippen molar-refractivity contribution in [2.24, 2.45) is 10.8 Å². The van der Waals surface area contributed by atoms with Crippen LogP contribution in [-0.2, 0) is 4.79 Å². The number of nitrogens with zero attached hydrogens (tertiary/aromatic N) is 1. The van der Waals surface area contributed by atoms with Crippen LogP contribution < -0.4 is 5.32 Å². The molecule has 0 spiro atoms. The van der Waals surface area contributed by atoms with E-state index < -0.39 is 0 Å². The Morgan fingerprint density at radius 3 is 1.95 bits per heavy atom. The maximum Gasteiger partial charge on any atom is 0.216 e. The lowest BCUT2D eigenvalue weighted by Crippen LogP contribution is -2.36. The first kappa shape index (κ1) is 23.0. The van der Waals surface area contributed by atoms with Crippen molar-refractivity contribution in [2.45, 2.75) is 61.3 Å². The molecule has 0 saturated carbocycles. The molecule has 130 valence electrons. The van der Waals surface area contributed by atoms with Crippen LogP contribution in [-0.4, -0.2) is 30.9 Å². The first-order valence-corrected chi connectivity index (χ1v) is 8.01. The molecule has 1 amide bonds. The summed E-state index contributed by atoms with van der Waals surface area (Å²) in [6, 6.07) is 0. The lowest BCUT2D eigenvalue weighted by atomic mass is 9.73. The van der Waals surface area contributed by atoms with E-state index in [0.29, 0.717) is 0 Å². The van der Waals surface area contributed by atoms with Crippen LogP contribution in [0.1, 0.15) is 61.3 Å². The molecule has 0 aromatic carbocycles. The molecule has 3 heteroatoms. The minimum absolute atomic E-state index is 0.0484. The highest BCUT2D eigenvalue weighted by atomic mass is 16.1. The van der Waals surface area contributed by atoms with Crippen LogP contribution in [0.5, 0.6) is 0 Å². The molecule has 0 saturated heterocycles. The number of rotatable bonds is 8. The van der Waals surface area contributed by atoms with Crippen LogP contribution >= 0.6 is 0 Å². The zero-order chi connectivity index (χ0) is 18.0. The average molecular weight is 311 g/mol. The minimum Gasteiger partial charge on any atom is -0.381 e. The second-order valence-electron chi connectivity index (χ2n) is 8.04. The largest absolute Gasteiger partial charge is 0.381 e. The third-order valence-corrected chi connectivity index (χ3v) is 3.23. The van der Waals surface area contributed by atoms with Crippen molar-refractivity contribution >= 4 is 5.91 Å². The van der Waals surface area contributed by atoms with Crippen LogP contribution in [0, 0.1) is 10.8 Å². The SMILES string of the molecule is C=C(C)C.C=CN(C)CCC(C)(C)CC(C)(C)CNC(C)=O. The average Bonchev–Trinajstić information content (AvgIpc) is 2.32. The molecule has 0 rings (SSSR count). The van der Waals surface area contributed by atoms with Crippen LogP contribution in [0.3, 0.4) is 0 Å². The quantitative estimate of drug-likeness (QED) is 0.664. The standard InChI is InChI=1S/C15H30N2O.C4H8/c1-8-17(7)10-9-14(3,4)11-15(5,6)12-16-13(2)18;1-4(2)3/h8H,1,9-12H2,2-7H3,(H,16,18);1H2,2-3H3. The molecule has 0 fully saturated rings. The minimum atomic E-state index is 0.0484. The van der Waals surface area contributed by atoms with E-state index in [1.165, 1.54) is 5.57 Å². The van der Waals surface area contributed by atoms with E-state index >= 15 is 0 Å². The highest BCUT2D eigenvalue weighted by Crippen LogP contribution is 2.35. The Kier molecular flexibility index (Phi) is 11.0. The van der Waals surface area contributed by atoms with E-state index in [1.54, 1.807) is 6.92 Å². The Balaban J connectivity index is 0. The van der Waals surface area contributed by atoms with Crippen molar-refractivity contribution in [3.63, 3.8) is 0 Å². The van der Waals surface area contributed by atoms with Gasteiger partial charge in [-0.15, -0.1) is 6.58 Å². The zero-order valence-corrected chi connectivity index (χ0v) is 16.2. The summed E-state index contributed by atoms with van der Waals surface area (Å²) in [5.41, 5.74) is 1.56. The van der Waals surface area contributed by atoms with Crippen LogP contribution in [0.15, 0.2) is 24.9 Å². The van der Waals surface area contributed by atoms with Gasteiger partial charge in [-0.05, 0) is 43.7 Å². The Hall–Kier alpha value is -1.25. The highest BCUT2D eigenvalue weighted by molar-refractivity contribution is 5.72. The Morgan fingerprint density at radius 1 is 1.14 bits per heavy atom. The van der Waals surface area contributed by atoms with E-state index in [-0.39, 0.29) is 16.7 Å². The number of hydrogen-bond donors (Lipinski definition) is 1. The van der Waals surface area contributed by atoms with Gasteiger partial charge in [0.1, 0.15) is 0 Å². The zero-order valence-electron chi connectivity index (χ0n) is 16.2. The lowest BCUT2D eigenvalue weighted by molar-refractivity contribution is -0.119. The lowest BCUT2D eigenvalue weighted by Gasteiger charge is -2.36. The predicted molar refractivity (Wildman–Crippen MR) is 98.8 cm³/mol. The molecule has 22 heavy (non-hydrogen) atoms. The maximum atomic E-state index is 11.0. The summed E-state index contributed by atoms with van der Waals surface area (Å²) in [4.78, 5) is 13.1. The number of carbonyl (C=O) groups is 1. The first-order chi connectivity index (χ1) is 9.81. The molecule has 0 aliphatic heterocycles. The molecule has 0 unspecified atom stereocenters. The van der Waals surface area contributed by atoms with E-state index in [0.717, 1.165) is 25.9 Å². The van der Waals surface area contributed by atoms with Gasteiger partial charge in [-0.2, -0.15) is 0 Å². The molecular weight excluding hydrogens is 272 g/mol. The third-order valence-electron chi connectivity index (χ3n) is 3.23. The summed E-state index contributed by atoms with van der Waals surface area (Å²) in [6.45, 7) is 23.6. The van der Waals surface area contributed by atoms with Crippen LogP contribution in [0.25, 0.3) is 0 Å². The van der Waals surface area contributed by atoms with Gasteiger partial charge in [0.25, 0.3) is 0 Å². The summed E-state index contributed by atoms with van der Waals surface area (Å²) >= 11 is 0. The maximum absolute atomic E-state index is 11.0. The number of carbonyl (C=O) groups excluding carboxylic acids is 1. The molecule has 0 atom stereocenters. The molecule has 0 aromatic heterocycles. The van der Waals surface area contributed by atoms with E-state index in [4.69, 9.17) is 0 Å². The summed E-state index contributed by atoms with van der Waals surface area (Å²) in [7, 11) is 2.05. The van der Waals surface area contributed by atoms with E-state index in [9.17, 15) is 4.79 Å². The van der Waals surface area contributed by atoms with Gasteiger partial charge in [0.2, 0.25) is 5.91 Å². The van der Waals surface area contributed by atoms with Gasteiger partial charge in [0.15, 0.2) is 0 Å². The van der Waals surface area contributed by atoms with Crippen LogP contribution in [0.4, 0.5) is 0 Å². The van der Waals surface area contributed by atoms with Gasteiger partial charge in [0, 0.05) is 27.1 Å². The number of allylic oxidation sites excluding steroid dienone is 1. The fourth-order valence-corrected chi connectivity index (χ4v) is 2.38. The molecule has 0 aliphatic rings. The molecular formula is C19H38N2O. The fourth-order valence-electron chi connectivity index (χ4n) is 2.38. The van der Waals surface area contributed by atoms with E-state index in [2.05, 4.69) is 51.1 Å². The van der Waals surface area contributed by atoms with Crippen molar-refractivity contribution in [1.29, 1.82) is 0 Å². The predicted octanol–water partition coefficient (Wildman–Crippen LogP) is 4.61. The first-order valence-electron chi connectivity index (χ1n) is 8.01. The molecule has 1 N–H and O–H groups in total. The summed E-state index contributed by atoms with van der Waals surface area (Å²) in [5.74, 6) is 0.0484. The topological polar surface area (TPSA) is 32.3 Å². The second kappa shape index (κ2) is 10.5. The molecule has 0 bridgehead atoms. The summed E-state index contributed by atoms with van der Waals surface area (Å²) in [5, 5.41) is 2.92. The Labute approximate surface area is 138 Å². The van der Waals surface area contributed by atoms with Crippen molar-refractivity contribution in [1.82, 2.24) is 10.2 Å². The Morgan fingerprint density at radius 2 is 1.59 bits per heavy atom. The molecule has 0 radical (unpaired) electrons. The van der Waals surface area contributed by atoms with Crippen molar-refractivity contribution in [2.75, 3.05) is 20.1 Å². The smallest absolute Gasteiger partial charge is 0.216 e. The number of hydrogen-bond acceptors (Lipinski definition) is 2. The van der Waals surface area contributed by atoms with Gasteiger partial charge < -0.3 is 10.2 Å². The summed E-state index contributed by atoms with van der Waals surface area (Å²) < 4.78 is 0. The van der Waals surface area contributed by atoms with Crippen LogP contribution in [0.2, 0.25) is 0 Å². The van der Waals surface area contributed by atoms with Gasteiger partial charge in [-0.1, -0.05) is 39.8 Å². The van der Waals surface area contributed by atoms with Gasteiger partial charge in [0.05, 0.1) is 0 Å². The molecule has 0 heterocycles. The third kappa shape index (κ3) is 16.8. The van der Waals surface area contributed by atoms with Gasteiger partial charge >= 0.3 is 0 Å². The normalized spacial score (nSPS) is 11.1. The van der Waals surface area contributed by atoms with Crippen molar-refractivity contribution in [3.05, 3.63) is 24.9 Å². The molecule has 0 aromatic rings. The molecule has 0 aliphatic carbocycles. The fraction of sp³-hybridized carbons (Fsp3) is 0.737. The Bertz CT molecular complexity index is 352. The number of nitrogens with one attached hydrogen (secondary N) is 1. The van der Waals surface area contributed by atoms with Crippen molar-refractivity contribution in [3.8, 4) is 0 Å². The summed E-state index contributed by atoms with van der Waals surface area (Å²) in [6.07, 6.45) is 4.07.